The third kappa shape index (κ3) is 3.41. The van der Waals surface area contributed by atoms with E-state index in [1.807, 2.05) is 0 Å². The Kier molecular flexibility index (Phi) is 4.90. The van der Waals surface area contributed by atoms with Gasteiger partial charge >= 0.3 is 0 Å². The maximum atomic E-state index is 14.5. The van der Waals surface area contributed by atoms with E-state index in [9.17, 15) is 23.4 Å². The van der Waals surface area contributed by atoms with Gasteiger partial charge in [0.05, 0.1) is 12.1 Å². The molecule has 4 rings (SSSR count). The lowest BCUT2D eigenvalue weighted by molar-refractivity contribution is -0.0778. The highest BCUT2D eigenvalue weighted by atomic mass is 19.2. The molecule has 0 saturated heterocycles. The Hall–Kier alpha value is -3.09. The van der Waals surface area contributed by atoms with Gasteiger partial charge in [0.2, 0.25) is 0 Å². The zero-order valence-electron chi connectivity index (χ0n) is 15.3. The fourth-order valence-electron chi connectivity index (χ4n) is 3.64. The molecule has 3 aromatic carbocycles. The van der Waals surface area contributed by atoms with Gasteiger partial charge in [-0.3, -0.25) is 0 Å². The lowest BCUT2D eigenvalue weighted by atomic mass is 10.0. The minimum Gasteiger partial charge on any atom is -0.391 e. The molecule has 0 radical (unpaired) electrons. The van der Waals surface area contributed by atoms with Crippen molar-refractivity contribution in [2.24, 2.45) is 0 Å². The van der Waals surface area contributed by atoms with Crippen LogP contribution in [0.4, 0.5) is 13.2 Å². The fourth-order valence-corrected chi connectivity index (χ4v) is 3.64. The lowest BCUT2D eigenvalue weighted by Gasteiger charge is -2.29. The van der Waals surface area contributed by atoms with Crippen LogP contribution in [0.5, 0.6) is 0 Å². The van der Waals surface area contributed by atoms with E-state index in [4.69, 9.17) is 0 Å². The summed E-state index contributed by atoms with van der Waals surface area (Å²) >= 11 is 0. The van der Waals surface area contributed by atoms with Crippen LogP contribution in [0.3, 0.4) is 0 Å². The number of aliphatic hydroxyl groups is 2. The van der Waals surface area contributed by atoms with Crippen LogP contribution < -0.4 is 0 Å². The molecule has 0 amide bonds. The fraction of sp³-hybridized carbons (Fsp3) is 0.130. The van der Waals surface area contributed by atoms with Crippen molar-refractivity contribution in [1.29, 1.82) is 0 Å². The number of fused-ring (bicyclic) bond motifs is 1. The number of halogens is 3. The van der Waals surface area contributed by atoms with E-state index in [0.717, 1.165) is 6.07 Å². The number of benzene rings is 3. The van der Waals surface area contributed by atoms with E-state index in [1.54, 1.807) is 30.3 Å². The maximum absolute atomic E-state index is 14.5. The molecule has 4 aromatic rings. The molecular formula is C23H18F3NO2. The molecule has 0 aliphatic carbocycles. The van der Waals surface area contributed by atoms with E-state index in [1.165, 1.54) is 41.1 Å². The molecule has 2 N–H and O–H groups in total. The number of rotatable bonds is 5. The van der Waals surface area contributed by atoms with Gasteiger partial charge in [0.15, 0.2) is 17.4 Å². The van der Waals surface area contributed by atoms with E-state index in [0.29, 0.717) is 22.0 Å². The molecular weight excluding hydrogens is 379 g/mol. The molecule has 0 spiro atoms. The molecule has 0 saturated carbocycles. The average molecular weight is 397 g/mol. The molecule has 148 valence electrons. The highest BCUT2D eigenvalue weighted by Gasteiger charge is 2.31. The number of hydrogen-bond acceptors (Lipinski definition) is 2. The largest absolute Gasteiger partial charge is 0.391 e. The smallest absolute Gasteiger partial charge is 0.169 e. The second-order valence-corrected chi connectivity index (χ2v) is 6.98. The molecule has 1 aromatic heterocycles. The molecule has 0 unspecified atom stereocenters. The zero-order chi connectivity index (χ0) is 20.6. The van der Waals surface area contributed by atoms with Gasteiger partial charge in [0, 0.05) is 29.1 Å². The summed E-state index contributed by atoms with van der Waals surface area (Å²) in [7, 11) is 0. The Labute approximate surface area is 165 Å². The van der Waals surface area contributed by atoms with Crippen molar-refractivity contribution < 1.29 is 23.4 Å². The van der Waals surface area contributed by atoms with Crippen LogP contribution in [0.2, 0.25) is 0 Å². The summed E-state index contributed by atoms with van der Waals surface area (Å²) in [5, 5.41) is 21.8. The minimum absolute atomic E-state index is 0.0472. The lowest BCUT2D eigenvalue weighted by Crippen LogP contribution is -2.39. The predicted octanol–water partition coefficient (Wildman–Crippen LogP) is 4.61. The standard InChI is InChI=1S/C23H18F3NO2/c24-16-6-3-5-15(11-16)12-23(29,14-28)27-13-19(17-7-1-2-10-21(17)27)18-8-4-9-20(25)22(18)26/h1-11,13,28-29H,12,14H2/t23-/m0/s1. The van der Waals surface area contributed by atoms with Gasteiger partial charge < -0.3 is 14.8 Å². The van der Waals surface area contributed by atoms with E-state index < -0.39 is 29.8 Å². The van der Waals surface area contributed by atoms with Crippen molar-refractivity contribution in [3.63, 3.8) is 0 Å². The Morgan fingerprint density at radius 1 is 0.862 bits per heavy atom. The SMILES string of the molecule is OC[C@@](O)(Cc1cccc(F)c1)n1cc(-c2cccc(F)c2F)c2ccccc21. The summed E-state index contributed by atoms with van der Waals surface area (Å²) in [6, 6.07) is 16.5. The second-order valence-electron chi connectivity index (χ2n) is 6.98. The van der Waals surface area contributed by atoms with Crippen molar-refractivity contribution in [2.75, 3.05) is 6.61 Å². The van der Waals surface area contributed by atoms with Gasteiger partial charge in [-0.2, -0.15) is 0 Å². The summed E-state index contributed by atoms with van der Waals surface area (Å²) < 4.78 is 43.3. The molecule has 3 nitrogen and oxygen atoms in total. The van der Waals surface area contributed by atoms with Crippen LogP contribution in [0.25, 0.3) is 22.0 Å². The molecule has 1 heterocycles. The number of hydrogen-bond donors (Lipinski definition) is 2. The first-order chi connectivity index (χ1) is 13.9. The monoisotopic (exact) mass is 397 g/mol. The van der Waals surface area contributed by atoms with Crippen molar-refractivity contribution in [3.8, 4) is 11.1 Å². The Morgan fingerprint density at radius 2 is 1.62 bits per heavy atom. The topological polar surface area (TPSA) is 45.4 Å². The summed E-state index contributed by atoms with van der Waals surface area (Å²) in [4.78, 5) is 0. The van der Waals surface area contributed by atoms with Crippen molar-refractivity contribution in [3.05, 3.63) is 95.9 Å². The van der Waals surface area contributed by atoms with Crippen LogP contribution in [-0.4, -0.2) is 21.4 Å². The van der Waals surface area contributed by atoms with E-state index >= 15 is 0 Å². The first-order valence-corrected chi connectivity index (χ1v) is 9.05. The van der Waals surface area contributed by atoms with Gasteiger partial charge in [-0.05, 0) is 29.8 Å². The van der Waals surface area contributed by atoms with Crippen LogP contribution in [0, 0.1) is 17.5 Å². The second kappa shape index (κ2) is 7.39. The van der Waals surface area contributed by atoms with Crippen molar-refractivity contribution in [2.45, 2.75) is 12.1 Å². The maximum Gasteiger partial charge on any atom is 0.169 e. The predicted molar refractivity (Wildman–Crippen MR) is 105 cm³/mol. The van der Waals surface area contributed by atoms with Crippen LogP contribution in [-0.2, 0) is 12.1 Å². The summed E-state index contributed by atoms with van der Waals surface area (Å²) in [5.41, 5.74) is -0.373. The quantitative estimate of drug-likeness (QED) is 0.517. The van der Waals surface area contributed by atoms with E-state index in [-0.39, 0.29) is 12.0 Å². The highest BCUT2D eigenvalue weighted by Crippen LogP contribution is 2.36. The summed E-state index contributed by atoms with van der Waals surface area (Å²) in [5.74, 6) is -2.42. The van der Waals surface area contributed by atoms with Crippen molar-refractivity contribution in [1.82, 2.24) is 4.57 Å². The van der Waals surface area contributed by atoms with Gasteiger partial charge in [-0.1, -0.05) is 42.5 Å². The minimum atomic E-state index is -1.81. The number of aliphatic hydroxyl groups excluding tert-OH is 1. The Bertz CT molecular complexity index is 1190. The summed E-state index contributed by atoms with van der Waals surface area (Å²) in [6.07, 6.45) is 1.41. The molecule has 1 atom stereocenters. The zero-order valence-corrected chi connectivity index (χ0v) is 15.3. The molecule has 0 aliphatic rings. The number of aromatic nitrogens is 1. The average Bonchev–Trinajstić information content (AvgIpc) is 3.10. The van der Waals surface area contributed by atoms with Crippen LogP contribution >= 0.6 is 0 Å². The van der Waals surface area contributed by atoms with Gasteiger partial charge in [0.25, 0.3) is 0 Å². The van der Waals surface area contributed by atoms with E-state index in [2.05, 4.69) is 0 Å². The van der Waals surface area contributed by atoms with Crippen molar-refractivity contribution >= 4 is 10.9 Å². The Morgan fingerprint density at radius 3 is 2.38 bits per heavy atom. The first-order valence-electron chi connectivity index (χ1n) is 9.05. The third-order valence-corrected chi connectivity index (χ3v) is 5.03. The molecule has 6 heteroatoms. The summed E-state index contributed by atoms with van der Waals surface area (Å²) in [6.45, 7) is -0.659. The van der Waals surface area contributed by atoms with Gasteiger partial charge in [-0.25, -0.2) is 13.2 Å². The van der Waals surface area contributed by atoms with Crippen LogP contribution in [0.15, 0.2) is 72.9 Å². The normalized spacial score (nSPS) is 13.6. The third-order valence-electron chi connectivity index (χ3n) is 5.03. The van der Waals surface area contributed by atoms with Gasteiger partial charge in [0.1, 0.15) is 5.82 Å². The number of para-hydroxylation sites is 1. The molecule has 0 fully saturated rings. The van der Waals surface area contributed by atoms with Gasteiger partial charge in [-0.15, -0.1) is 0 Å². The highest BCUT2D eigenvalue weighted by molar-refractivity contribution is 5.96. The number of nitrogens with zero attached hydrogens (tertiary/aromatic N) is 1. The molecule has 0 aliphatic heterocycles. The van der Waals surface area contributed by atoms with Crippen LogP contribution in [0.1, 0.15) is 5.56 Å². The first kappa shape index (κ1) is 19.2. The molecule has 0 bridgehead atoms. The molecule has 29 heavy (non-hydrogen) atoms. The Balaban J connectivity index is 1.90.